The van der Waals surface area contributed by atoms with Gasteiger partial charge in [0.2, 0.25) is 0 Å². The van der Waals surface area contributed by atoms with Crippen molar-refractivity contribution in [3.63, 3.8) is 0 Å². The number of ether oxygens (including phenoxy) is 1. The van der Waals surface area contributed by atoms with E-state index in [0.717, 1.165) is 0 Å². The molecule has 3 atom stereocenters. The molecule has 11 heteroatoms. The molecule has 2 aromatic rings. The smallest absolute Gasteiger partial charge is 0.352 e. The van der Waals surface area contributed by atoms with E-state index < -0.39 is 6.80 Å². The third-order valence-electron chi connectivity index (χ3n) is 3.19. The summed E-state index contributed by atoms with van der Waals surface area (Å²) in [6.07, 6.45) is 3.47. The van der Waals surface area contributed by atoms with Gasteiger partial charge in [-0.3, -0.25) is 13.9 Å². The van der Waals surface area contributed by atoms with Crippen LogP contribution in [0.1, 0.15) is 19.1 Å². The van der Waals surface area contributed by atoms with Gasteiger partial charge >= 0.3 is 6.80 Å². The summed E-state index contributed by atoms with van der Waals surface area (Å²) in [6, 6.07) is 0. The summed E-state index contributed by atoms with van der Waals surface area (Å²) in [5, 5.41) is 0. The van der Waals surface area contributed by atoms with Gasteiger partial charge in [0.1, 0.15) is 6.23 Å². The molecule has 3 rings (SSSR count). The third kappa shape index (κ3) is 3.19. The van der Waals surface area contributed by atoms with Crippen molar-refractivity contribution in [1.82, 2.24) is 19.5 Å². The first-order valence-electron chi connectivity index (χ1n) is 6.20. The highest BCUT2D eigenvalue weighted by Gasteiger charge is 2.29. The molecule has 0 amide bonds. The molecular formula is C10H13N4O5PS. The van der Waals surface area contributed by atoms with Gasteiger partial charge in [-0.2, -0.15) is 0 Å². The van der Waals surface area contributed by atoms with Crippen LogP contribution in [0.3, 0.4) is 0 Å². The fraction of sp³-hybridized carbons (Fsp3) is 0.500. The number of nitrogens with one attached hydrogen (secondary N) is 1. The molecule has 0 radical (unpaired) electrons. The minimum Gasteiger partial charge on any atom is -0.352 e. The Labute approximate surface area is 124 Å². The molecule has 1 aliphatic heterocycles. The monoisotopic (exact) mass is 332 g/mol. The van der Waals surface area contributed by atoms with Crippen LogP contribution in [0.2, 0.25) is 0 Å². The fourth-order valence-electron chi connectivity index (χ4n) is 2.27. The first kappa shape index (κ1) is 14.7. The minimum absolute atomic E-state index is 0.0194. The average molecular weight is 332 g/mol. The van der Waals surface area contributed by atoms with E-state index in [1.54, 1.807) is 4.57 Å². The van der Waals surface area contributed by atoms with Crippen LogP contribution in [-0.4, -0.2) is 37.1 Å². The molecule has 1 fully saturated rings. The maximum absolute atomic E-state index is 11.6. The number of rotatable bonds is 4. The molecule has 9 nitrogen and oxygen atoms in total. The van der Waals surface area contributed by atoms with E-state index in [4.69, 9.17) is 14.2 Å². The second-order valence-corrected chi connectivity index (χ2v) is 7.39. The quantitative estimate of drug-likeness (QED) is 0.561. The number of fused-ring (bicyclic) bond motifs is 1. The Bertz CT molecular complexity index is 755. The number of aromatic nitrogens is 4. The maximum Gasteiger partial charge on any atom is 0.383 e. The van der Waals surface area contributed by atoms with Crippen molar-refractivity contribution in [2.75, 3.05) is 6.61 Å². The molecule has 0 saturated carbocycles. The number of imidazole rings is 1. The number of aromatic amines is 1. The summed E-state index contributed by atoms with van der Waals surface area (Å²) in [7, 11) is 0. The van der Waals surface area contributed by atoms with Gasteiger partial charge in [0.15, 0.2) is 11.2 Å². The van der Waals surface area contributed by atoms with E-state index in [9.17, 15) is 9.36 Å². The molecule has 1 saturated heterocycles. The predicted molar refractivity (Wildman–Crippen MR) is 76.1 cm³/mol. The summed E-state index contributed by atoms with van der Waals surface area (Å²) in [5.41, 5.74) is 0.372. The van der Waals surface area contributed by atoms with Crippen molar-refractivity contribution in [1.29, 1.82) is 0 Å². The summed E-state index contributed by atoms with van der Waals surface area (Å²) >= 11 is 3.44. The molecule has 114 valence electrons. The summed E-state index contributed by atoms with van der Waals surface area (Å²) in [5.74, 6) is 0. The molecule has 2 aromatic heterocycles. The van der Waals surface area contributed by atoms with Gasteiger partial charge in [0.25, 0.3) is 5.56 Å². The fourth-order valence-corrected chi connectivity index (χ4v) is 2.83. The van der Waals surface area contributed by atoms with Gasteiger partial charge in [-0.05, 0) is 12.8 Å². The van der Waals surface area contributed by atoms with Crippen LogP contribution in [0.15, 0.2) is 17.4 Å². The standard InChI is InChI=1S/C10H13N4O5PS/c15-10-8-9(11-4-12-10)14(5-13-8)7-2-1-6(19-7)3-18-20(16,17)21/h4-7H,1-3H2,(H,11,12,15)(H2,16,17,21)/t6-,7+/m0/s1. The Kier molecular flexibility index (Phi) is 3.89. The van der Waals surface area contributed by atoms with Crippen LogP contribution in [0, 0.1) is 0 Å². The number of H-pyrrole nitrogens is 1. The van der Waals surface area contributed by atoms with Crippen molar-refractivity contribution >= 4 is 30.2 Å². The molecule has 21 heavy (non-hydrogen) atoms. The van der Waals surface area contributed by atoms with Crippen LogP contribution in [0.5, 0.6) is 0 Å². The SMILES string of the molecule is O=c1[nH]cnc2c1ncn2[C@H]1CC[C@@H](COP(=O)(O)S)O1. The Morgan fingerprint density at radius 2 is 2.38 bits per heavy atom. The van der Waals surface area contributed by atoms with E-state index >= 15 is 0 Å². The third-order valence-corrected chi connectivity index (χ3v) is 4.02. The Hall–Kier alpha value is -1.19. The second-order valence-electron chi connectivity index (χ2n) is 4.63. The summed E-state index contributed by atoms with van der Waals surface area (Å²) in [4.78, 5) is 31.1. The van der Waals surface area contributed by atoms with Crippen molar-refractivity contribution in [3.05, 3.63) is 23.0 Å². The second kappa shape index (κ2) is 5.54. The number of nitrogens with zero attached hydrogens (tertiary/aromatic N) is 3. The molecule has 0 aliphatic carbocycles. The Morgan fingerprint density at radius 3 is 3.14 bits per heavy atom. The summed E-state index contributed by atoms with van der Waals surface area (Å²) < 4.78 is 23.1. The Balaban J connectivity index is 1.75. The van der Waals surface area contributed by atoms with E-state index in [-0.39, 0.29) is 30.0 Å². The zero-order valence-electron chi connectivity index (χ0n) is 10.7. The molecule has 3 heterocycles. The zero-order valence-corrected chi connectivity index (χ0v) is 12.5. The topological polar surface area (TPSA) is 119 Å². The molecule has 0 aromatic carbocycles. The van der Waals surface area contributed by atoms with Crippen LogP contribution >= 0.6 is 19.0 Å². The van der Waals surface area contributed by atoms with Crippen LogP contribution in [-0.2, 0) is 13.8 Å². The van der Waals surface area contributed by atoms with Crippen LogP contribution < -0.4 is 5.56 Å². The largest absolute Gasteiger partial charge is 0.383 e. The van der Waals surface area contributed by atoms with Gasteiger partial charge in [0.05, 0.1) is 25.4 Å². The number of hydrogen-bond acceptors (Lipinski definition) is 6. The number of hydrogen-bond donors (Lipinski definition) is 3. The normalized spacial score (nSPS) is 25.2. The van der Waals surface area contributed by atoms with E-state index in [2.05, 4.69) is 27.2 Å². The van der Waals surface area contributed by atoms with Gasteiger partial charge < -0.3 is 14.6 Å². The first-order chi connectivity index (χ1) is 9.94. The number of thiol groups is 1. The van der Waals surface area contributed by atoms with E-state index in [1.165, 1.54) is 12.7 Å². The Morgan fingerprint density at radius 1 is 1.57 bits per heavy atom. The lowest BCUT2D eigenvalue weighted by molar-refractivity contribution is -0.0166. The highest BCUT2D eigenvalue weighted by Crippen LogP contribution is 2.47. The van der Waals surface area contributed by atoms with E-state index in [0.29, 0.717) is 18.5 Å². The molecule has 0 spiro atoms. The highest BCUT2D eigenvalue weighted by molar-refractivity contribution is 8.44. The minimum atomic E-state index is -3.81. The van der Waals surface area contributed by atoms with Gasteiger partial charge in [-0.1, -0.05) is 12.2 Å². The van der Waals surface area contributed by atoms with Crippen LogP contribution in [0.4, 0.5) is 0 Å². The average Bonchev–Trinajstić information content (AvgIpc) is 3.02. The van der Waals surface area contributed by atoms with Crippen molar-refractivity contribution < 1.29 is 18.7 Å². The molecular weight excluding hydrogens is 319 g/mol. The first-order valence-corrected chi connectivity index (χ1v) is 8.93. The van der Waals surface area contributed by atoms with Crippen molar-refractivity contribution in [2.24, 2.45) is 0 Å². The van der Waals surface area contributed by atoms with Crippen molar-refractivity contribution in [2.45, 2.75) is 25.2 Å². The lowest BCUT2D eigenvalue weighted by Crippen LogP contribution is -2.16. The van der Waals surface area contributed by atoms with Crippen molar-refractivity contribution in [3.8, 4) is 0 Å². The maximum atomic E-state index is 11.6. The molecule has 1 unspecified atom stereocenters. The molecule has 1 aliphatic rings. The van der Waals surface area contributed by atoms with Gasteiger partial charge in [-0.15, -0.1) is 0 Å². The van der Waals surface area contributed by atoms with E-state index in [1.807, 2.05) is 0 Å². The van der Waals surface area contributed by atoms with Gasteiger partial charge in [-0.25, -0.2) is 14.5 Å². The molecule has 2 N–H and O–H groups in total. The lowest BCUT2D eigenvalue weighted by Gasteiger charge is -2.15. The highest BCUT2D eigenvalue weighted by atomic mass is 32.7. The zero-order chi connectivity index (χ0) is 15.0. The predicted octanol–water partition coefficient (Wildman–Crippen LogP) is 0.844. The lowest BCUT2D eigenvalue weighted by atomic mass is 10.2. The summed E-state index contributed by atoms with van der Waals surface area (Å²) in [6.45, 7) is -3.83. The molecule has 0 bridgehead atoms. The van der Waals surface area contributed by atoms with Crippen LogP contribution in [0.25, 0.3) is 11.2 Å². The van der Waals surface area contributed by atoms with Gasteiger partial charge in [0, 0.05) is 0 Å².